The third-order valence-corrected chi connectivity index (χ3v) is 7.17. The molecule has 3 aliphatic rings. The molecule has 3 heterocycles. The van der Waals surface area contributed by atoms with Gasteiger partial charge < -0.3 is 33.2 Å². The number of hydrogen-bond donors (Lipinski definition) is 0. The van der Waals surface area contributed by atoms with Crippen LogP contribution in [0.1, 0.15) is 33.3 Å². The van der Waals surface area contributed by atoms with Gasteiger partial charge in [-0.1, -0.05) is 22.6 Å². The second-order valence-corrected chi connectivity index (χ2v) is 9.86. The van der Waals surface area contributed by atoms with Gasteiger partial charge in [-0.2, -0.15) is 0 Å². The van der Waals surface area contributed by atoms with Crippen molar-refractivity contribution in [2.45, 2.75) is 73.4 Å². The van der Waals surface area contributed by atoms with Gasteiger partial charge in [0, 0.05) is 12.7 Å². The Kier molecular flexibility index (Phi) is 5.68. The van der Waals surface area contributed by atoms with Gasteiger partial charge in [-0.05, 0) is 52.0 Å². The molecule has 0 aliphatic carbocycles. The third-order valence-electron chi connectivity index (χ3n) is 5.64. The Morgan fingerprint density at radius 2 is 1.52 bits per heavy atom. The first-order valence-corrected chi connectivity index (χ1v) is 11.0. The second-order valence-electron chi connectivity index (χ2n) is 8.52. The van der Waals surface area contributed by atoms with E-state index in [1.165, 1.54) is 0 Å². The highest BCUT2D eigenvalue weighted by Crippen LogP contribution is 2.51. The highest BCUT2D eigenvalue weighted by atomic mass is 127. The molecule has 0 unspecified atom stereocenters. The maximum absolute atomic E-state index is 6.70. The highest BCUT2D eigenvalue weighted by Gasteiger charge is 2.63. The smallest absolute Gasteiger partial charge is 0.209 e. The fourth-order valence-electron chi connectivity index (χ4n) is 4.34. The van der Waals surface area contributed by atoms with Gasteiger partial charge in [0.15, 0.2) is 11.6 Å². The Morgan fingerprint density at radius 3 is 2.07 bits per heavy atom. The van der Waals surface area contributed by atoms with Gasteiger partial charge in [0.05, 0.1) is 17.6 Å². The molecule has 1 aromatic carbocycles. The first kappa shape index (κ1) is 21.7. The average molecular weight is 520 g/mol. The fraction of sp³-hybridized carbons (Fsp3) is 0.714. The molecule has 4 rings (SSSR count). The molecule has 3 aliphatic heterocycles. The van der Waals surface area contributed by atoms with E-state index < -0.39 is 23.5 Å². The molecule has 6 atom stereocenters. The van der Waals surface area contributed by atoms with Crippen LogP contribution in [0.25, 0.3) is 0 Å². The number of methoxy groups -OCH3 is 2. The number of fused-ring (bicyclic) bond motifs is 1. The average Bonchev–Trinajstić information content (AvgIpc) is 3.21. The van der Waals surface area contributed by atoms with Crippen LogP contribution in [0.2, 0.25) is 0 Å². The van der Waals surface area contributed by atoms with E-state index in [2.05, 4.69) is 22.6 Å². The summed E-state index contributed by atoms with van der Waals surface area (Å²) in [6, 6.07) is 7.72. The first-order valence-electron chi connectivity index (χ1n) is 9.80. The van der Waals surface area contributed by atoms with Crippen LogP contribution in [0.4, 0.5) is 0 Å². The zero-order valence-corrected chi connectivity index (χ0v) is 19.8. The molecular formula is C21H29IO7. The van der Waals surface area contributed by atoms with Gasteiger partial charge in [-0.3, -0.25) is 0 Å². The van der Waals surface area contributed by atoms with Crippen molar-refractivity contribution in [3.8, 4) is 5.75 Å². The Labute approximate surface area is 185 Å². The third kappa shape index (κ3) is 3.81. The van der Waals surface area contributed by atoms with Gasteiger partial charge in [0.2, 0.25) is 5.79 Å². The predicted octanol–water partition coefficient (Wildman–Crippen LogP) is 3.37. The fourth-order valence-corrected chi connectivity index (χ4v) is 5.66. The van der Waals surface area contributed by atoms with E-state index >= 15 is 0 Å². The molecule has 0 aromatic heterocycles. The lowest BCUT2D eigenvalue weighted by molar-refractivity contribution is -0.315. The standard InChI is InChI=1S/C21H29IO7/c1-19(2)25-11-14(26-19)15-16-17(28-20(3,4)27-16)18(22)21(24-6,29-15)12-7-9-13(23-5)10-8-12/h7-10,14-18H,11H2,1-6H3/t14-,15-,16+,17+,18+,21+/m1/s1. The van der Waals surface area contributed by atoms with Gasteiger partial charge in [0.25, 0.3) is 0 Å². The maximum Gasteiger partial charge on any atom is 0.209 e. The zero-order chi connectivity index (χ0) is 21.0. The summed E-state index contributed by atoms with van der Waals surface area (Å²) >= 11 is 2.35. The summed E-state index contributed by atoms with van der Waals surface area (Å²) in [4.78, 5) is 0. The maximum atomic E-state index is 6.70. The van der Waals surface area contributed by atoms with Crippen molar-refractivity contribution >= 4 is 22.6 Å². The van der Waals surface area contributed by atoms with Crippen LogP contribution in [0.15, 0.2) is 24.3 Å². The summed E-state index contributed by atoms with van der Waals surface area (Å²) < 4.78 is 42.5. The van der Waals surface area contributed by atoms with Crippen molar-refractivity contribution in [1.29, 1.82) is 0 Å². The summed E-state index contributed by atoms with van der Waals surface area (Å²) in [5.74, 6) is -1.65. The van der Waals surface area contributed by atoms with Gasteiger partial charge in [-0.25, -0.2) is 0 Å². The van der Waals surface area contributed by atoms with E-state index in [1.54, 1.807) is 14.2 Å². The quantitative estimate of drug-likeness (QED) is 0.446. The van der Waals surface area contributed by atoms with Crippen LogP contribution in [-0.2, 0) is 34.2 Å². The topological polar surface area (TPSA) is 64.6 Å². The molecule has 0 saturated carbocycles. The number of rotatable bonds is 4. The van der Waals surface area contributed by atoms with Crippen LogP contribution in [0.3, 0.4) is 0 Å². The summed E-state index contributed by atoms with van der Waals surface area (Å²) in [6.07, 6.45) is -1.25. The van der Waals surface area contributed by atoms with Crippen molar-refractivity contribution in [3.05, 3.63) is 29.8 Å². The summed E-state index contributed by atoms with van der Waals surface area (Å²) in [5, 5.41) is 0. The summed E-state index contributed by atoms with van der Waals surface area (Å²) in [7, 11) is 3.30. The Bertz CT molecular complexity index is 737. The van der Waals surface area contributed by atoms with Gasteiger partial charge in [-0.15, -0.1) is 0 Å². The SMILES string of the molecule is COc1ccc([C@]2(OC)O[C@H]([C@H]3COC(C)(C)O3)[C@@H]3OC(C)(C)O[C@@H]3[C@@H]2I)cc1. The molecule has 0 spiro atoms. The van der Waals surface area contributed by atoms with E-state index in [9.17, 15) is 0 Å². The van der Waals surface area contributed by atoms with Crippen molar-refractivity contribution in [1.82, 2.24) is 0 Å². The van der Waals surface area contributed by atoms with Crippen LogP contribution in [0.5, 0.6) is 5.75 Å². The zero-order valence-electron chi connectivity index (χ0n) is 17.6. The van der Waals surface area contributed by atoms with E-state index in [-0.39, 0.29) is 22.2 Å². The number of alkyl halides is 1. The molecule has 8 heteroatoms. The van der Waals surface area contributed by atoms with Crippen LogP contribution >= 0.6 is 22.6 Å². The van der Waals surface area contributed by atoms with Crippen molar-refractivity contribution in [2.75, 3.05) is 20.8 Å². The first-order chi connectivity index (χ1) is 13.6. The van der Waals surface area contributed by atoms with Gasteiger partial charge in [0.1, 0.15) is 30.2 Å². The molecule has 0 N–H and O–H groups in total. The van der Waals surface area contributed by atoms with Crippen LogP contribution in [0, 0.1) is 0 Å². The number of hydrogen-bond acceptors (Lipinski definition) is 7. The lowest BCUT2D eigenvalue weighted by Gasteiger charge is -2.49. The lowest BCUT2D eigenvalue weighted by Crippen LogP contribution is -2.63. The monoisotopic (exact) mass is 520 g/mol. The van der Waals surface area contributed by atoms with E-state index in [0.717, 1.165) is 11.3 Å². The molecule has 0 bridgehead atoms. The molecule has 162 valence electrons. The molecule has 3 saturated heterocycles. The van der Waals surface area contributed by atoms with E-state index in [4.69, 9.17) is 33.2 Å². The molecule has 0 radical (unpaired) electrons. The Morgan fingerprint density at radius 1 is 0.862 bits per heavy atom. The minimum Gasteiger partial charge on any atom is -0.497 e. The molecule has 7 nitrogen and oxygen atoms in total. The van der Waals surface area contributed by atoms with Crippen molar-refractivity contribution in [2.24, 2.45) is 0 Å². The Balaban J connectivity index is 1.73. The van der Waals surface area contributed by atoms with E-state index in [1.807, 2.05) is 52.0 Å². The molecule has 29 heavy (non-hydrogen) atoms. The molecule has 3 fully saturated rings. The number of ether oxygens (including phenoxy) is 7. The molecule has 0 amide bonds. The van der Waals surface area contributed by atoms with Crippen LogP contribution in [-0.4, -0.2) is 60.7 Å². The van der Waals surface area contributed by atoms with E-state index in [0.29, 0.717) is 6.61 Å². The minimum absolute atomic E-state index is 0.156. The Hall–Kier alpha value is -0.490. The molecular weight excluding hydrogens is 491 g/mol. The summed E-state index contributed by atoms with van der Waals surface area (Å²) in [6.45, 7) is 8.06. The van der Waals surface area contributed by atoms with Crippen molar-refractivity contribution < 1.29 is 33.2 Å². The second kappa shape index (κ2) is 7.58. The predicted molar refractivity (Wildman–Crippen MR) is 113 cm³/mol. The lowest BCUT2D eigenvalue weighted by atomic mass is 9.89. The number of benzene rings is 1. The largest absolute Gasteiger partial charge is 0.497 e. The molecule has 1 aromatic rings. The number of halogens is 1. The summed E-state index contributed by atoms with van der Waals surface area (Å²) in [5.41, 5.74) is 0.884. The normalized spacial score (nSPS) is 40.6. The van der Waals surface area contributed by atoms with Gasteiger partial charge >= 0.3 is 0 Å². The van der Waals surface area contributed by atoms with Crippen molar-refractivity contribution in [3.63, 3.8) is 0 Å². The minimum atomic E-state index is -1.03. The van der Waals surface area contributed by atoms with Crippen LogP contribution < -0.4 is 4.74 Å². The highest BCUT2D eigenvalue weighted by molar-refractivity contribution is 14.1.